The molecule has 0 spiro atoms. The number of nitrogens with zero attached hydrogens (tertiary/aromatic N) is 2. The molecule has 0 saturated heterocycles. The van der Waals surface area contributed by atoms with Gasteiger partial charge >= 0.3 is 0 Å². The number of carbonyl (C=O) groups is 2. The molecule has 148 valence electrons. The Kier molecular flexibility index (Phi) is 4.24. The highest BCUT2D eigenvalue weighted by Gasteiger charge is 2.25. The van der Waals surface area contributed by atoms with Gasteiger partial charge in [0.05, 0.1) is 23.4 Å². The first-order valence-corrected chi connectivity index (χ1v) is 10.5. The number of fused-ring (bicyclic) bond motifs is 4. The number of benzene rings is 1. The van der Waals surface area contributed by atoms with Crippen LogP contribution in [0.2, 0.25) is 0 Å². The molecule has 1 N–H and O–H groups in total. The first kappa shape index (κ1) is 18.1. The summed E-state index contributed by atoms with van der Waals surface area (Å²) in [6, 6.07) is 4.19. The third kappa shape index (κ3) is 2.95. The molecule has 7 nitrogen and oxygen atoms in total. The number of hydrogen-bond acceptors (Lipinski definition) is 6. The number of carbonyl (C=O) groups excluding carboxylic acids is 2. The predicted molar refractivity (Wildman–Crippen MR) is 110 cm³/mol. The Morgan fingerprint density at radius 3 is 2.97 bits per heavy atom. The van der Waals surface area contributed by atoms with Crippen LogP contribution in [0.1, 0.15) is 46.6 Å². The Hall–Kier alpha value is -3.00. The SMILES string of the molecule is CC(C(=O)c1ccc2c(c1)NC(=O)CO2)n1cnc2sc3c(c2c1=O)CCCC3. The van der Waals surface area contributed by atoms with Gasteiger partial charge in [-0.1, -0.05) is 0 Å². The fraction of sp³-hybridized carbons (Fsp3) is 0.333. The van der Waals surface area contributed by atoms with Crippen molar-refractivity contribution >= 4 is 38.9 Å². The van der Waals surface area contributed by atoms with E-state index >= 15 is 0 Å². The number of aromatic nitrogens is 2. The normalized spacial score (nSPS) is 16.5. The quantitative estimate of drug-likeness (QED) is 0.672. The lowest BCUT2D eigenvalue weighted by atomic mass is 9.97. The van der Waals surface area contributed by atoms with Crippen molar-refractivity contribution in [1.29, 1.82) is 0 Å². The van der Waals surface area contributed by atoms with E-state index in [1.807, 2.05) is 0 Å². The van der Waals surface area contributed by atoms with Gasteiger partial charge in [0.1, 0.15) is 10.6 Å². The minimum absolute atomic E-state index is 0.0390. The highest BCUT2D eigenvalue weighted by Crippen LogP contribution is 2.34. The largest absolute Gasteiger partial charge is 0.482 e. The number of nitrogens with one attached hydrogen (secondary N) is 1. The molecule has 29 heavy (non-hydrogen) atoms. The highest BCUT2D eigenvalue weighted by atomic mass is 32.1. The zero-order chi connectivity index (χ0) is 20.1. The second-order valence-corrected chi connectivity index (χ2v) is 8.52. The lowest BCUT2D eigenvalue weighted by Crippen LogP contribution is -2.29. The third-order valence-corrected chi connectivity index (χ3v) is 6.79. The molecule has 3 aromatic rings. The van der Waals surface area contributed by atoms with Gasteiger partial charge in [0.2, 0.25) is 0 Å². The van der Waals surface area contributed by atoms with E-state index < -0.39 is 6.04 Å². The van der Waals surface area contributed by atoms with Crippen LogP contribution in [0, 0.1) is 0 Å². The Bertz CT molecular complexity index is 1230. The molecular weight excluding hydrogens is 390 g/mol. The van der Waals surface area contributed by atoms with Crippen LogP contribution in [0.4, 0.5) is 5.69 Å². The summed E-state index contributed by atoms with van der Waals surface area (Å²) in [5.41, 5.74) is 1.81. The van der Waals surface area contributed by atoms with Crippen molar-refractivity contribution in [3.05, 3.63) is 50.9 Å². The second kappa shape index (κ2) is 6.81. The van der Waals surface area contributed by atoms with Crippen molar-refractivity contribution in [3.8, 4) is 5.75 Å². The van der Waals surface area contributed by atoms with E-state index in [1.165, 1.54) is 15.8 Å². The molecule has 8 heteroatoms. The van der Waals surface area contributed by atoms with Gasteiger partial charge in [-0.2, -0.15) is 0 Å². The van der Waals surface area contributed by atoms with Gasteiger partial charge in [-0.15, -0.1) is 11.3 Å². The minimum Gasteiger partial charge on any atom is -0.482 e. The molecule has 0 fully saturated rings. The summed E-state index contributed by atoms with van der Waals surface area (Å²) in [5, 5.41) is 3.37. The number of thiophene rings is 1. The van der Waals surface area contributed by atoms with E-state index in [2.05, 4.69) is 10.3 Å². The number of ketones is 1. The molecular formula is C21H19N3O4S. The lowest BCUT2D eigenvalue weighted by molar-refractivity contribution is -0.118. The Labute approximate surface area is 170 Å². The van der Waals surface area contributed by atoms with E-state index in [0.717, 1.165) is 36.1 Å². The van der Waals surface area contributed by atoms with E-state index in [-0.39, 0.29) is 23.9 Å². The molecule has 0 bridgehead atoms. The van der Waals surface area contributed by atoms with Gasteiger partial charge in [0.25, 0.3) is 11.5 Å². The second-order valence-electron chi connectivity index (χ2n) is 7.44. The van der Waals surface area contributed by atoms with Crippen LogP contribution >= 0.6 is 11.3 Å². The number of ether oxygens (including phenoxy) is 1. The molecule has 0 saturated carbocycles. The summed E-state index contributed by atoms with van der Waals surface area (Å²) in [6.45, 7) is 1.66. The van der Waals surface area contributed by atoms with Gasteiger partial charge < -0.3 is 10.1 Å². The molecule has 1 aromatic carbocycles. The average Bonchev–Trinajstić information content (AvgIpc) is 3.12. The Morgan fingerprint density at radius 2 is 2.10 bits per heavy atom. The molecule has 1 amide bonds. The van der Waals surface area contributed by atoms with Crippen molar-refractivity contribution in [2.75, 3.05) is 11.9 Å². The number of aryl methyl sites for hydroxylation is 2. The van der Waals surface area contributed by atoms with Crippen molar-refractivity contribution in [1.82, 2.24) is 9.55 Å². The highest BCUT2D eigenvalue weighted by molar-refractivity contribution is 7.18. The third-order valence-electron chi connectivity index (χ3n) is 5.59. The number of rotatable bonds is 3. The molecule has 3 heterocycles. The number of Topliss-reactive ketones (excluding diaryl/α,β-unsaturated/α-hetero) is 1. The van der Waals surface area contributed by atoms with Crippen molar-refractivity contribution in [2.45, 2.75) is 38.6 Å². The van der Waals surface area contributed by atoms with Crippen molar-refractivity contribution in [3.63, 3.8) is 0 Å². The zero-order valence-corrected chi connectivity index (χ0v) is 16.7. The maximum Gasteiger partial charge on any atom is 0.263 e. The summed E-state index contributed by atoms with van der Waals surface area (Å²) in [7, 11) is 0. The number of hydrogen-bond donors (Lipinski definition) is 1. The molecule has 1 unspecified atom stereocenters. The maximum absolute atomic E-state index is 13.2. The fourth-order valence-electron chi connectivity index (χ4n) is 4.04. The zero-order valence-electron chi connectivity index (χ0n) is 15.9. The van der Waals surface area contributed by atoms with Crippen LogP contribution < -0.4 is 15.6 Å². The van der Waals surface area contributed by atoms with E-state index in [4.69, 9.17) is 4.74 Å². The van der Waals surface area contributed by atoms with Gasteiger partial charge in [-0.25, -0.2) is 4.98 Å². The van der Waals surface area contributed by atoms with Gasteiger partial charge in [0.15, 0.2) is 12.4 Å². The first-order valence-electron chi connectivity index (χ1n) is 9.65. The van der Waals surface area contributed by atoms with E-state index in [1.54, 1.807) is 36.5 Å². The predicted octanol–water partition coefficient (Wildman–Crippen LogP) is 3.11. The maximum atomic E-state index is 13.2. The molecule has 2 aliphatic rings. The van der Waals surface area contributed by atoms with Crippen molar-refractivity contribution in [2.24, 2.45) is 0 Å². The van der Waals surface area contributed by atoms with E-state index in [9.17, 15) is 14.4 Å². The topological polar surface area (TPSA) is 90.3 Å². The fourth-order valence-corrected chi connectivity index (χ4v) is 5.26. The monoisotopic (exact) mass is 409 g/mol. The minimum atomic E-state index is -0.711. The van der Waals surface area contributed by atoms with Crippen LogP contribution in [0.25, 0.3) is 10.2 Å². The standard InChI is InChI=1S/C21H19N3O4S/c1-11(19(26)12-6-7-15-14(8-12)23-17(25)9-28-15)24-10-22-20-18(21(24)27)13-4-2-3-5-16(13)29-20/h6-8,10-11H,2-5,9H2,1H3,(H,23,25). The van der Waals surface area contributed by atoms with Crippen LogP contribution in [0.3, 0.4) is 0 Å². The summed E-state index contributed by atoms with van der Waals surface area (Å²) in [6.07, 6.45) is 5.57. The number of amides is 1. The van der Waals surface area contributed by atoms with Crippen LogP contribution in [-0.2, 0) is 17.6 Å². The number of anilines is 1. The van der Waals surface area contributed by atoms with Crippen LogP contribution in [0.5, 0.6) is 5.75 Å². The molecule has 1 aliphatic heterocycles. The summed E-state index contributed by atoms with van der Waals surface area (Å²) in [4.78, 5) is 44.3. The smallest absolute Gasteiger partial charge is 0.263 e. The molecule has 2 aromatic heterocycles. The Balaban J connectivity index is 1.53. The van der Waals surface area contributed by atoms with Gasteiger partial charge in [0, 0.05) is 10.4 Å². The van der Waals surface area contributed by atoms with Crippen LogP contribution in [-0.4, -0.2) is 27.8 Å². The van der Waals surface area contributed by atoms with Gasteiger partial charge in [-0.05, 0) is 56.4 Å². The summed E-state index contributed by atoms with van der Waals surface area (Å²) < 4.78 is 6.76. The van der Waals surface area contributed by atoms with E-state index in [0.29, 0.717) is 22.4 Å². The summed E-state index contributed by atoms with van der Waals surface area (Å²) >= 11 is 1.59. The van der Waals surface area contributed by atoms with Crippen molar-refractivity contribution < 1.29 is 14.3 Å². The Morgan fingerprint density at radius 1 is 1.28 bits per heavy atom. The van der Waals surface area contributed by atoms with Gasteiger partial charge in [-0.3, -0.25) is 19.0 Å². The molecule has 0 radical (unpaired) electrons. The van der Waals surface area contributed by atoms with Crippen LogP contribution in [0.15, 0.2) is 29.3 Å². The lowest BCUT2D eigenvalue weighted by Gasteiger charge is -2.19. The molecule has 1 atom stereocenters. The molecule has 5 rings (SSSR count). The summed E-state index contributed by atoms with van der Waals surface area (Å²) in [5.74, 6) is 0.0437. The molecule has 1 aliphatic carbocycles. The average molecular weight is 409 g/mol. The first-order chi connectivity index (χ1) is 14.0.